The predicted molar refractivity (Wildman–Crippen MR) is 67.8 cm³/mol. The van der Waals surface area contributed by atoms with Crippen molar-refractivity contribution in [2.75, 3.05) is 5.32 Å². The van der Waals surface area contributed by atoms with Crippen LogP contribution >= 0.6 is 15.9 Å². The van der Waals surface area contributed by atoms with Gasteiger partial charge in [-0.3, -0.25) is 0 Å². The zero-order chi connectivity index (χ0) is 13.1. The summed E-state index contributed by atoms with van der Waals surface area (Å²) in [6.45, 7) is 0.257. The third kappa shape index (κ3) is 3.04. The van der Waals surface area contributed by atoms with Gasteiger partial charge in [0.15, 0.2) is 11.6 Å². The first-order valence-electron chi connectivity index (χ1n) is 5.19. The molecule has 0 aliphatic rings. The van der Waals surface area contributed by atoms with Gasteiger partial charge in [-0.05, 0) is 17.7 Å². The molecule has 2 rings (SSSR count). The highest BCUT2D eigenvalue weighted by atomic mass is 79.9. The maximum Gasteiger partial charge on any atom is 0.152 e. The van der Waals surface area contributed by atoms with Gasteiger partial charge >= 0.3 is 0 Å². The van der Waals surface area contributed by atoms with Gasteiger partial charge in [-0.15, -0.1) is 0 Å². The minimum absolute atomic E-state index is 0.257. The standard InChI is InChI=1S/C13H9BrF3N/c14-9-3-1-8(2-4-9)7-18-13-11(16)5-10(15)6-12(13)17/h1-6,18H,7H2. The lowest BCUT2D eigenvalue weighted by Gasteiger charge is -2.09. The summed E-state index contributed by atoms with van der Waals surface area (Å²) in [5.74, 6) is -2.81. The zero-order valence-electron chi connectivity index (χ0n) is 9.18. The average molecular weight is 316 g/mol. The van der Waals surface area contributed by atoms with E-state index in [0.29, 0.717) is 12.1 Å². The molecule has 0 saturated heterocycles. The zero-order valence-corrected chi connectivity index (χ0v) is 10.8. The van der Waals surface area contributed by atoms with Gasteiger partial charge in [-0.2, -0.15) is 0 Å². The summed E-state index contributed by atoms with van der Waals surface area (Å²) >= 11 is 3.29. The van der Waals surface area contributed by atoms with Crippen molar-refractivity contribution in [2.24, 2.45) is 0 Å². The maximum atomic E-state index is 13.3. The van der Waals surface area contributed by atoms with E-state index in [1.54, 1.807) is 0 Å². The molecule has 94 valence electrons. The van der Waals surface area contributed by atoms with Crippen LogP contribution in [0.4, 0.5) is 18.9 Å². The number of hydrogen-bond donors (Lipinski definition) is 1. The third-order valence-electron chi connectivity index (χ3n) is 2.39. The Morgan fingerprint density at radius 1 is 0.944 bits per heavy atom. The van der Waals surface area contributed by atoms with Gasteiger partial charge in [0.2, 0.25) is 0 Å². The Labute approximate surface area is 111 Å². The number of anilines is 1. The number of nitrogens with one attached hydrogen (secondary N) is 1. The fraction of sp³-hybridized carbons (Fsp3) is 0.0769. The fourth-order valence-electron chi connectivity index (χ4n) is 1.50. The van der Waals surface area contributed by atoms with Crippen LogP contribution in [-0.4, -0.2) is 0 Å². The van der Waals surface area contributed by atoms with Crippen molar-refractivity contribution in [1.82, 2.24) is 0 Å². The van der Waals surface area contributed by atoms with Gasteiger partial charge in [0.1, 0.15) is 11.5 Å². The average Bonchev–Trinajstić information content (AvgIpc) is 2.30. The van der Waals surface area contributed by atoms with Crippen LogP contribution in [-0.2, 0) is 6.54 Å². The SMILES string of the molecule is Fc1cc(F)c(NCc2ccc(Br)cc2)c(F)c1. The van der Waals surface area contributed by atoms with Gasteiger partial charge in [0, 0.05) is 23.2 Å². The molecule has 0 bridgehead atoms. The van der Waals surface area contributed by atoms with Crippen LogP contribution in [0, 0.1) is 17.5 Å². The van der Waals surface area contributed by atoms with Crippen molar-refractivity contribution in [3.05, 3.63) is 63.9 Å². The van der Waals surface area contributed by atoms with E-state index >= 15 is 0 Å². The number of halogens is 4. The largest absolute Gasteiger partial charge is 0.376 e. The predicted octanol–water partition coefficient (Wildman–Crippen LogP) is 4.48. The van der Waals surface area contributed by atoms with E-state index in [2.05, 4.69) is 21.2 Å². The minimum atomic E-state index is -0.940. The van der Waals surface area contributed by atoms with Gasteiger partial charge < -0.3 is 5.32 Å². The molecular weight excluding hydrogens is 307 g/mol. The third-order valence-corrected chi connectivity index (χ3v) is 2.92. The lowest BCUT2D eigenvalue weighted by Crippen LogP contribution is -2.04. The van der Waals surface area contributed by atoms with Gasteiger partial charge in [-0.25, -0.2) is 13.2 Å². The Bertz CT molecular complexity index is 532. The molecule has 0 amide bonds. The van der Waals surface area contributed by atoms with Gasteiger partial charge in [0.25, 0.3) is 0 Å². The number of hydrogen-bond acceptors (Lipinski definition) is 1. The van der Waals surface area contributed by atoms with E-state index in [0.717, 1.165) is 10.0 Å². The Morgan fingerprint density at radius 2 is 1.50 bits per heavy atom. The second-order valence-electron chi connectivity index (χ2n) is 3.72. The topological polar surface area (TPSA) is 12.0 Å². The second-order valence-corrected chi connectivity index (χ2v) is 4.64. The smallest absolute Gasteiger partial charge is 0.152 e. The molecule has 2 aromatic rings. The van der Waals surface area contributed by atoms with Crippen LogP contribution in [0.1, 0.15) is 5.56 Å². The van der Waals surface area contributed by atoms with Crippen molar-refractivity contribution in [3.8, 4) is 0 Å². The molecule has 0 fully saturated rings. The van der Waals surface area contributed by atoms with E-state index in [1.807, 2.05) is 24.3 Å². The van der Waals surface area contributed by atoms with Crippen LogP contribution in [0.15, 0.2) is 40.9 Å². The van der Waals surface area contributed by atoms with Crippen molar-refractivity contribution in [2.45, 2.75) is 6.54 Å². The molecule has 0 unspecified atom stereocenters. The quantitative estimate of drug-likeness (QED) is 0.880. The summed E-state index contributed by atoms with van der Waals surface area (Å²) in [6.07, 6.45) is 0. The van der Waals surface area contributed by atoms with Crippen molar-refractivity contribution >= 4 is 21.6 Å². The molecule has 0 radical (unpaired) electrons. The molecule has 0 aliphatic heterocycles. The van der Waals surface area contributed by atoms with Gasteiger partial charge in [-0.1, -0.05) is 28.1 Å². The van der Waals surface area contributed by atoms with Crippen LogP contribution in [0.5, 0.6) is 0 Å². The van der Waals surface area contributed by atoms with E-state index < -0.39 is 17.5 Å². The van der Waals surface area contributed by atoms with E-state index in [4.69, 9.17) is 0 Å². The Balaban J connectivity index is 2.13. The minimum Gasteiger partial charge on any atom is -0.376 e. The first-order chi connectivity index (χ1) is 8.56. The molecule has 5 heteroatoms. The van der Waals surface area contributed by atoms with Crippen molar-refractivity contribution < 1.29 is 13.2 Å². The molecule has 0 aliphatic carbocycles. The van der Waals surface area contributed by atoms with Crippen LogP contribution in [0.2, 0.25) is 0 Å². The van der Waals surface area contributed by atoms with Crippen LogP contribution in [0.3, 0.4) is 0 Å². The molecule has 0 heterocycles. The molecule has 0 atom stereocenters. The lowest BCUT2D eigenvalue weighted by molar-refractivity contribution is 0.547. The summed E-state index contributed by atoms with van der Waals surface area (Å²) in [5.41, 5.74) is 0.542. The van der Waals surface area contributed by atoms with Crippen molar-refractivity contribution in [1.29, 1.82) is 0 Å². The Kier molecular flexibility index (Phi) is 3.91. The normalized spacial score (nSPS) is 10.4. The first-order valence-corrected chi connectivity index (χ1v) is 5.98. The van der Waals surface area contributed by atoms with Gasteiger partial charge in [0.05, 0.1) is 0 Å². The highest BCUT2D eigenvalue weighted by molar-refractivity contribution is 9.10. The second kappa shape index (κ2) is 5.44. The molecule has 0 spiro atoms. The van der Waals surface area contributed by atoms with E-state index in [9.17, 15) is 13.2 Å². The van der Waals surface area contributed by atoms with Crippen molar-refractivity contribution in [3.63, 3.8) is 0 Å². The van der Waals surface area contributed by atoms with Crippen LogP contribution in [0.25, 0.3) is 0 Å². The summed E-state index contributed by atoms with van der Waals surface area (Å²) in [4.78, 5) is 0. The van der Waals surface area contributed by atoms with E-state index in [-0.39, 0.29) is 12.2 Å². The summed E-state index contributed by atoms with van der Waals surface area (Å²) in [5, 5.41) is 2.61. The van der Waals surface area contributed by atoms with E-state index in [1.165, 1.54) is 0 Å². The highest BCUT2D eigenvalue weighted by Gasteiger charge is 2.10. The fourth-order valence-corrected chi connectivity index (χ4v) is 1.77. The number of rotatable bonds is 3. The molecule has 2 aromatic carbocycles. The maximum absolute atomic E-state index is 13.3. The monoisotopic (exact) mass is 315 g/mol. The number of benzene rings is 2. The molecule has 18 heavy (non-hydrogen) atoms. The first kappa shape index (κ1) is 13.0. The molecule has 1 N–H and O–H groups in total. The molecule has 0 aromatic heterocycles. The Morgan fingerprint density at radius 3 is 2.06 bits per heavy atom. The molecule has 0 saturated carbocycles. The summed E-state index contributed by atoms with van der Waals surface area (Å²) in [6, 6.07) is 8.58. The molecular formula is C13H9BrF3N. The Hall–Kier alpha value is -1.49. The highest BCUT2D eigenvalue weighted by Crippen LogP contribution is 2.21. The summed E-state index contributed by atoms with van der Waals surface area (Å²) in [7, 11) is 0. The summed E-state index contributed by atoms with van der Waals surface area (Å²) < 4.78 is 40.3. The molecule has 1 nitrogen and oxygen atoms in total. The van der Waals surface area contributed by atoms with Crippen LogP contribution < -0.4 is 5.32 Å². The lowest BCUT2D eigenvalue weighted by atomic mass is 10.2.